The molecule has 1 heterocycles. The van der Waals surface area contributed by atoms with Gasteiger partial charge in [0.05, 0.1) is 23.5 Å². The normalized spacial score (nSPS) is 21.1. The molecule has 1 saturated heterocycles. The van der Waals surface area contributed by atoms with E-state index in [0.717, 1.165) is 25.0 Å². The summed E-state index contributed by atoms with van der Waals surface area (Å²) in [5.41, 5.74) is 4.95. The summed E-state index contributed by atoms with van der Waals surface area (Å²) in [6, 6.07) is 2.42. The van der Waals surface area contributed by atoms with Crippen LogP contribution in [0.5, 0.6) is 0 Å². The molecule has 37 heavy (non-hydrogen) atoms. The van der Waals surface area contributed by atoms with Gasteiger partial charge in [0.25, 0.3) is 0 Å². The SMILES string of the molecule is CC(=N/C=C\CCCN)OC1CCC(NC(=O)Nc2cc(C(F)(F)F)ccc2N2CCNC(=O)C2)CC1. The van der Waals surface area contributed by atoms with Crippen LogP contribution in [0.2, 0.25) is 0 Å². The fourth-order valence-electron chi connectivity index (χ4n) is 4.34. The van der Waals surface area contributed by atoms with Gasteiger partial charge in [0.1, 0.15) is 6.10 Å². The number of halogens is 3. The number of piperazine rings is 1. The Hall–Kier alpha value is -3.28. The Morgan fingerprint density at radius 2 is 2.05 bits per heavy atom. The number of aliphatic imine (C=N–C) groups is 1. The summed E-state index contributed by atoms with van der Waals surface area (Å²) >= 11 is 0. The van der Waals surface area contributed by atoms with E-state index in [1.807, 2.05) is 6.08 Å². The highest BCUT2D eigenvalue weighted by atomic mass is 19.4. The zero-order chi connectivity index (χ0) is 26.8. The molecular formula is C25H35F3N6O3. The van der Waals surface area contributed by atoms with Gasteiger partial charge in [-0.2, -0.15) is 13.2 Å². The van der Waals surface area contributed by atoms with Gasteiger partial charge in [0.15, 0.2) is 5.90 Å². The lowest BCUT2D eigenvalue weighted by atomic mass is 9.93. The van der Waals surface area contributed by atoms with E-state index in [1.54, 1.807) is 18.0 Å². The smallest absolute Gasteiger partial charge is 0.416 e. The molecule has 12 heteroatoms. The third-order valence-corrected chi connectivity index (χ3v) is 6.23. The molecule has 0 radical (unpaired) electrons. The Labute approximate surface area is 214 Å². The Bertz CT molecular complexity index is 990. The molecule has 204 valence electrons. The quantitative estimate of drug-likeness (QED) is 0.234. The number of hydrogen-bond donors (Lipinski definition) is 4. The van der Waals surface area contributed by atoms with Gasteiger partial charge in [-0.3, -0.25) is 4.79 Å². The molecule has 1 aromatic carbocycles. The Morgan fingerprint density at radius 1 is 1.30 bits per heavy atom. The molecule has 2 fully saturated rings. The van der Waals surface area contributed by atoms with Crippen LogP contribution in [-0.4, -0.2) is 56.2 Å². The van der Waals surface area contributed by atoms with Crippen molar-refractivity contribution < 1.29 is 27.5 Å². The van der Waals surface area contributed by atoms with Crippen LogP contribution >= 0.6 is 0 Å². The predicted octanol–water partition coefficient (Wildman–Crippen LogP) is 3.76. The van der Waals surface area contributed by atoms with Crippen molar-refractivity contribution in [2.24, 2.45) is 10.7 Å². The number of nitrogens with one attached hydrogen (secondary N) is 3. The van der Waals surface area contributed by atoms with E-state index in [-0.39, 0.29) is 30.3 Å². The molecule has 3 amide bonds. The molecule has 2 aliphatic rings. The summed E-state index contributed by atoms with van der Waals surface area (Å²) in [5.74, 6) is 0.338. The van der Waals surface area contributed by atoms with Crippen molar-refractivity contribution in [3.63, 3.8) is 0 Å². The first kappa shape index (κ1) is 28.3. The van der Waals surface area contributed by atoms with Crippen molar-refractivity contribution in [1.29, 1.82) is 0 Å². The average Bonchev–Trinajstić information content (AvgIpc) is 2.84. The minimum absolute atomic E-state index is 0.00209. The number of benzene rings is 1. The number of carbonyl (C=O) groups excluding carboxylic acids is 2. The highest BCUT2D eigenvalue weighted by Crippen LogP contribution is 2.35. The molecule has 0 bridgehead atoms. The van der Waals surface area contributed by atoms with E-state index in [1.165, 1.54) is 6.07 Å². The van der Waals surface area contributed by atoms with Gasteiger partial charge >= 0.3 is 12.2 Å². The van der Waals surface area contributed by atoms with Gasteiger partial charge in [-0.05, 0) is 63.3 Å². The van der Waals surface area contributed by atoms with E-state index in [4.69, 9.17) is 10.5 Å². The summed E-state index contributed by atoms with van der Waals surface area (Å²) in [5, 5.41) is 8.11. The van der Waals surface area contributed by atoms with Crippen LogP contribution in [-0.2, 0) is 15.7 Å². The number of amides is 3. The number of ether oxygens (including phenoxy) is 1. The minimum atomic E-state index is -4.56. The van der Waals surface area contributed by atoms with Crippen molar-refractivity contribution in [2.45, 2.75) is 63.8 Å². The molecule has 0 atom stereocenters. The third-order valence-electron chi connectivity index (χ3n) is 6.23. The predicted molar refractivity (Wildman–Crippen MR) is 136 cm³/mol. The molecule has 0 aromatic heterocycles. The van der Waals surface area contributed by atoms with Gasteiger partial charge in [0, 0.05) is 32.3 Å². The van der Waals surface area contributed by atoms with Crippen molar-refractivity contribution in [2.75, 3.05) is 36.4 Å². The lowest BCUT2D eigenvalue weighted by Crippen LogP contribution is -2.48. The standard InChI is InChI=1S/C25H35F3N6O3/c1-17(30-12-4-2-3-11-29)37-20-8-6-19(7-9-20)32-24(36)33-21-15-18(25(26,27)28)5-10-22(21)34-14-13-31-23(35)16-34/h4-5,10,12,15,19-20H,2-3,6-9,11,13-14,16,29H2,1H3,(H,31,35)(H2,32,33,36)/b12-4-,30-17?. The van der Waals surface area contributed by atoms with Gasteiger partial charge < -0.3 is 31.3 Å². The summed E-state index contributed by atoms with van der Waals surface area (Å²) in [6.45, 7) is 3.22. The van der Waals surface area contributed by atoms with Crippen molar-refractivity contribution in [3.05, 3.63) is 36.0 Å². The summed E-state index contributed by atoms with van der Waals surface area (Å²) in [4.78, 5) is 30.4. The van der Waals surface area contributed by atoms with Gasteiger partial charge in [-0.25, -0.2) is 9.79 Å². The number of unbranched alkanes of at least 4 members (excludes halogenated alkanes) is 1. The Morgan fingerprint density at radius 3 is 2.73 bits per heavy atom. The van der Waals surface area contributed by atoms with Crippen LogP contribution < -0.4 is 26.6 Å². The molecule has 1 aliphatic carbocycles. The number of rotatable bonds is 8. The number of urea groups is 1. The fraction of sp³-hybridized carbons (Fsp3) is 0.560. The van der Waals surface area contributed by atoms with Gasteiger partial charge in [-0.1, -0.05) is 6.08 Å². The van der Waals surface area contributed by atoms with E-state index in [9.17, 15) is 22.8 Å². The van der Waals surface area contributed by atoms with Crippen molar-refractivity contribution >= 4 is 29.2 Å². The molecule has 1 aromatic rings. The second kappa shape index (κ2) is 13.3. The number of allylic oxidation sites excluding steroid dienone is 1. The average molecular weight is 525 g/mol. The zero-order valence-electron chi connectivity index (χ0n) is 20.9. The highest BCUT2D eigenvalue weighted by Gasteiger charge is 2.32. The number of alkyl halides is 3. The summed E-state index contributed by atoms with van der Waals surface area (Å²) in [6.07, 6.45) is 3.60. The maximum Gasteiger partial charge on any atom is 0.416 e. The van der Waals surface area contributed by atoms with E-state index < -0.39 is 17.8 Å². The summed E-state index contributed by atoms with van der Waals surface area (Å²) < 4.78 is 45.9. The van der Waals surface area contributed by atoms with Crippen molar-refractivity contribution in [3.8, 4) is 0 Å². The maximum absolute atomic E-state index is 13.3. The molecule has 9 nitrogen and oxygen atoms in total. The molecule has 1 saturated carbocycles. The molecular weight excluding hydrogens is 489 g/mol. The van der Waals surface area contributed by atoms with Crippen LogP contribution in [0.25, 0.3) is 0 Å². The van der Waals surface area contributed by atoms with Crippen LogP contribution in [0.15, 0.2) is 35.5 Å². The van der Waals surface area contributed by atoms with Crippen LogP contribution in [0.3, 0.4) is 0 Å². The molecule has 5 N–H and O–H groups in total. The van der Waals surface area contributed by atoms with Crippen LogP contribution in [0.1, 0.15) is 51.0 Å². The first-order chi connectivity index (χ1) is 17.7. The maximum atomic E-state index is 13.3. The third kappa shape index (κ3) is 8.96. The molecule has 0 spiro atoms. The van der Waals surface area contributed by atoms with Gasteiger partial charge in [0.2, 0.25) is 5.91 Å². The number of anilines is 2. The van der Waals surface area contributed by atoms with Crippen molar-refractivity contribution in [1.82, 2.24) is 10.6 Å². The lowest BCUT2D eigenvalue weighted by Gasteiger charge is -2.31. The second-order valence-electron chi connectivity index (χ2n) is 9.15. The zero-order valence-corrected chi connectivity index (χ0v) is 20.9. The number of hydrogen-bond acceptors (Lipinski definition) is 6. The van der Waals surface area contributed by atoms with E-state index >= 15 is 0 Å². The lowest BCUT2D eigenvalue weighted by molar-refractivity contribution is -0.137. The van der Waals surface area contributed by atoms with Crippen LogP contribution in [0, 0.1) is 0 Å². The molecule has 3 rings (SSSR count). The second-order valence-corrected chi connectivity index (χ2v) is 9.15. The van der Waals surface area contributed by atoms with Crippen LogP contribution in [0.4, 0.5) is 29.3 Å². The molecule has 1 aliphatic heterocycles. The van der Waals surface area contributed by atoms with E-state index in [2.05, 4.69) is 20.9 Å². The first-order valence-corrected chi connectivity index (χ1v) is 12.5. The summed E-state index contributed by atoms with van der Waals surface area (Å²) in [7, 11) is 0. The molecule has 0 unspecified atom stereocenters. The Balaban J connectivity index is 1.55. The van der Waals surface area contributed by atoms with Gasteiger partial charge in [-0.15, -0.1) is 0 Å². The number of carbonyl (C=O) groups is 2. The first-order valence-electron chi connectivity index (χ1n) is 12.5. The van der Waals surface area contributed by atoms with E-state index in [0.29, 0.717) is 56.9 Å². The monoisotopic (exact) mass is 524 g/mol. The fourth-order valence-corrected chi connectivity index (χ4v) is 4.34. The Kier molecular flexibility index (Phi) is 10.2. The number of nitrogens with zero attached hydrogens (tertiary/aromatic N) is 2. The topological polar surface area (TPSA) is 121 Å². The largest absolute Gasteiger partial charge is 0.478 e. The highest BCUT2D eigenvalue weighted by molar-refractivity contribution is 5.94. The number of nitrogens with two attached hydrogens (primary N) is 1. The minimum Gasteiger partial charge on any atom is -0.478 e.